The zero-order valence-corrected chi connectivity index (χ0v) is 12.1. The lowest BCUT2D eigenvalue weighted by Gasteiger charge is -2.25. The number of rotatable bonds is 4. The Morgan fingerprint density at radius 1 is 1.38 bits per heavy atom. The topological polar surface area (TPSA) is 72.7 Å². The number of aromatic nitrogens is 4. The summed E-state index contributed by atoms with van der Waals surface area (Å²) in [7, 11) is 0. The molecule has 2 aromatic rings. The maximum absolute atomic E-state index is 12.0. The Kier molecular flexibility index (Phi) is 3.94. The van der Waals surface area contributed by atoms with Crippen molar-refractivity contribution in [3.63, 3.8) is 0 Å². The van der Waals surface area contributed by atoms with Crippen LogP contribution < -0.4 is 5.32 Å². The number of amides is 1. The lowest BCUT2D eigenvalue weighted by Crippen LogP contribution is -2.39. The van der Waals surface area contributed by atoms with Gasteiger partial charge in [-0.05, 0) is 47.7 Å². The molecule has 21 heavy (non-hydrogen) atoms. The third kappa shape index (κ3) is 3.26. The minimum atomic E-state index is 0.0641. The Labute approximate surface area is 123 Å². The Hall–Kier alpha value is -2.24. The monoisotopic (exact) mass is 285 g/mol. The number of hydrogen-bond acceptors (Lipinski definition) is 4. The van der Waals surface area contributed by atoms with Crippen molar-refractivity contribution in [3.8, 4) is 0 Å². The molecule has 0 unspecified atom stereocenters. The first kappa shape index (κ1) is 13.7. The highest BCUT2D eigenvalue weighted by molar-refractivity contribution is 5.76. The molecule has 1 amide bonds. The predicted octanol–water partition coefficient (Wildman–Crippen LogP) is 1.05. The molecule has 0 fully saturated rings. The quantitative estimate of drug-likeness (QED) is 0.911. The summed E-state index contributed by atoms with van der Waals surface area (Å²) in [4.78, 5) is 12.0. The molecule has 1 aliphatic carbocycles. The minimum Gasteiger partial charge on any atom is -0.353 e. The van der Waals surface area contributed by atoms with Gasteiger partial charge in [0.15, 0.2) is 0 Å². The van der Waals surface area contributed by atoms with Crippen LogP contribution in [0.4, 0.5) is 0 Å². The highest BCUT2D eigenvalue weighted by atomic mass is 16.1. The van der Waals surface area contributed by atoms with Crippen LogP contribution in [0.25, 0.3) is 0 Å². The van der Waals surface area contributed by atoms with Crippen LogP contribution in [0.1, 0.15) is 29.8 Å². The first-order chi connectivity index (χ1) is 10.2. The van der Waals surface area contributed by atoms with E-state index < -0.39 is 0 Å². The fourth-order valence-corrected chi connectivity index (χ4v) is 2.78. The van der Waals surface area contributed by atoms with E-state index in [0.29, 0.717) is 13.0 Å². The number of hydrogen-bond donors (Lipinski definition) is 1. The van der Waals surface area contributed by atoms with Gasteiger partial charge in [-0.3, -0.25) is 4.79 Å². The van der Waals surface area contributed by atoms with Gasteiger partial charge >= 0.3 is 0 Å². The lowest BCUT2D eigenvalue weighted by atomic mass is 9.88. The molecule has 6 heteroatoms. The van der Waals surface area contributed by atoms with Gasteiger partial charge in [-0.15, -0.1) is 5.10 Å². The second kappa shape index (κ2) is 6.03. The zero-order valence-electron chi connectivity index (χ0n) is 12.1. The highest BCUT2D eigenvalue weighted by Crippen LogP contribution is 2.21. The summed E-state index contributed by atoms with van der Waals surface area (Å²) in [5.41, 5.74) is 2.76. The van der Waals surface area contributed by atoms with Crippen LogP contribution in [0, 0.1) is 6.92 Å². The fraction of sp³-hybridized carbons (Fsp3) is 0.467. The van der Waals surface area contributed by atoms with Gasteiger partial charge in [0.2, 0.25) is 5.91 Å². The summed E-state index contributed by atoms with van der Waals surface area (Å²) in [6.45, 7) is 2.35. The number of aryl methyl sites for hydroxylation is 3. The number of nitrogens with one attached hydrogen (secondary N) is 1. The van der Waals surface area contributed by atoms with Crippen molar-refractivity contribution in [1.29, 1.82) is 0 Å². The van der Waals surface area contributed by atoms with Crippen LogP contribution in [-0.4, -0.2) is 32.2 Å². The van der Waals surface area contributed by atoms with Crippen LogP contribution >= 0.6 is 0 Å². The maximum Gasteiger partial charge on any atom is 0.222 e. The molecule has 0 aliphatic heterocycles. The minimum absolute atomic E-state index is 0.0641. The Morgan fingerprint density at radius 2 is 2.19 bits per heavy atom. The molecule has 1 atom stereocenters. The highest BCUT2D eigenvalue weighted by Gasteiger charge is 2.19. The number of benzene rings is 1. The first-order valence-electron chi connectivity index (χ1n) is 7.31. The fourth-order valence-electron chi connectivity index (χ4n) is 2.78. The molecule has 1 N–H and O–H groups in total. The van der Waals surface area contributed by atoms with Gasteiger partial charge < -0.3 is 5.32 Å². The normalized spacial score (nSPS) is 17.3. The van der Waals surface area contributed by atoms with Gasteiger partial charge in [0, 0.05) is 12.5 Å². The molecule has 110 valence electrons. The standard InChI is InChI=1S/C15H19N5O/c1-11-17-18-19-20(11)9-8-15(21)16-14-7-6-12-4-2-3-5-13(12)10-14/h2-5,14H,6-10H2,1H3,(H,16,21)/t14-/m0/s1. The summed E-state index contributed by atoms with van der Waals surface area (Å²) < 4.78 is 1.65. The predicted molar refractivity (Wildman–Crippen MR) is 77.6 cm³/mol. The molecule has 0 saturated heterocycles. The largest absolute Gasteiger partial charge is 0.353 e. The van der Waals surface area contributed by atoms with Gasteiger partial charge in [0.05, 0.1) is 6.54 Å². The molecule has 0 bridgehead atoms. The van der Waals surface area contributed by atoms with Crippen molar-refractivity contribution >= 4 is 5.91 Å². The van der Waals surface area contributed by atoms with Crippen molar-refractivity contribution in [2.75, 3.05) is 0 Å². The van der Waals surface area contributed by atoms with E-state index in [1.165, 1.54) is 11.1 Å². The number of nitrogens with zero attached hydrogens (tertiary/aromatic N) is 4. The van der Waals surface area contributed by atoms with Gasteiger partial charge in [0.25, 0.3) is 0 Å². The average Bonchev–Trinajstić information content (AvgIpc) is 2.90. The number of carbonyl (C=O) groups is 1. The summed E-state index contributed by atoms with van der Waals surface area (Å²) in [6, 6.07) is 8.70. The SMILES string of the molecule is Cc1nnnn1CCC(=O)N[C@H]1CCc2ccccc2C1. The second-order valence-electron chi connectivity index (χ2n) is 5.48. The summed E-state index contributed by atoms with van der Waals surface area (Å²) >= 11 is 0. The zero-order chi connectivity index (χ0) is 14.7. The molecule has 1 aliphatic rings. The lowest BCUT2D eigenvalue weighted by molar-refractivity contribution is -0.122. The van der Waals surface area contributed by atoms with Crippen molar-refractivity contribution in [2.45, 2.75) is 45.2 Å². The Balaban J connectivity index is 1.51. The number of fused-ring (bicyclic) bond motifs is 1. The van der Waals surface area contributed by atoms with Gasteiger partial charge in [-0.1, -0.05) is 24.3 Å². The van der Waals surface area contributed by atoms with Crippen molar-refractivity contribution < 1.29 is 4.79 Å². The van der Waals surface area contributed by atoms with E-state index in [0.717, 1.165) is 25.1 Å². The second-order valence-corrected chi connectivity index (χ2v) is 5.48. The average molecular weight is 285 g/mol. The van der Waals surface area contributed by atoms with Gasteiger partial charge in [-0.2, -0.15) is 0 Å². The molecule has 3 rings (SSSR count). The van der Waals surface area contributed by atoms with Crippen molar-refractivity contribution in [2.24, 2.45) is 0 Å². The van der Waals surface area contributed by atoms with Crippen molar-refractivity contribution in [1.82, 2.24) is 25.5 Å². The van der Waals surface area contributed by atoms with Crippen LogP contribution in [0.5, 0.6) is 0 Å². The van der Waals surface area contributed by atoms with E-state index in [4.69, 9.17) is 0 Å². The molecule has 1 heterocycles. The van der Waals surface area contributed by atoms with E-state index in [2.05, 4.69) is 45.1 Å². The third-order valence-electron chi connectivity index (χ3n) is 3.97. The van der Waals surface area contributed by atoms with Crippen LogP contribution in [0.2, 0.25) is 0 Å². The molecule has 0 radical (unpaired) electrons. The van der Waals surface area contributed by atoms with E-state index >= 15 is 0 Å². The third-order valence-corrected chi connectivity index (χ3v) is 3.97. The first-order valence-corrected chi connectivity index (χ1v) is 7.31. The van der Waals surface area contributed by atoms with Crippen LogP contribution in [0.3, 0.4) is 0 Å². The molecular formula is C15H19N5O. The summed E-state index contributed by atoms with van der Waals surface area (Å²) in [6.07, 6.45) is 3.37. The van der Waals surface area contributed by atoms with Gasteiger partial charge in [0.1, 0.15) is 5.82 Å². The van der Waals surface area contributed by atoms with E-state index in [1.54, 1.807) is 4.68 Å². The summed E-state index contributed by atoms with van der Waals surface area (Å²) in [5, 5.41) is 14.3. The van der Waals surface area contributed by atoms with E-state index in [1.807, 2.05) is 6.92 Å². The smallest absolute Gasteiger partial charge is 0.222 e. The van der Waals surface area contributed by atoms with E-state index in [-0.39, 0.29) is 11.9 Å². The summed E-state index contributed by atoms with van der Waals surface area (Å²) in [5.74, 6) is 0.795. The molecule has 0 saturated carbocycles. The molecule has 6 nitrogen and oxygen atoms in total. The van der Waals surface area contributed by atoms with Crippen LogP contribution in [-0.2, 0) is 24.2 Å². The maximum atomic E-state index is 12.0. The molecular weight excluding hydrogens is 266 g/mol. The molecule has 1 aromatic carbocycles. The Morgan fingerprint density at radius 3 is 2.95 bits per heavy atom. The number of carbonyl (C=O) groups excluding carboxylic acids is 1. The number of tetrazole rings is 1. The molecule has 0 spiro atoms. The molecule has 1 aromatic heterocycles. The van der Waals surface area contributed by atoms with Gasteiger partial charge in [-0.25, -0.2) is 4.68 Å². The Bertz CT molecular complexity index is 636. The van der Waals surface area contributed by atoms with Crippen LogP contribution in [0.15, 0.2) is 24.3 Å². The van der Waals surface area contributed by atoms with E-state index in [9.17, 15) is 4.79 Å². The van der Waals surface area contributed by atoms with Crippen molar-refractivity contribution in [3.05, 3.63) is 41.2 Å².